The molecule has 0 radical (unpaired) electrons. The van der Waals surface area contributed by atoms with Gasteiger partial charge < -0.3 is 20.3 Å². The number of carbonyl (C=O) groups is 1. The second-order valence-electron chi connectivity index (χ2n) is 6.62. The second-order valence-corrected chi connectivity index (χ2v) is 6.62. The quantitative estimate of drug-likeness (QED) is 0.923. The molecule has 2 saturated heterocycles. The van der Waals surface area contributed by atoms with Gasteiger partial charge >= 0.3 is 6.09 Å². The minimum Gasteiger partial charge on any atom is -0.445 e. The highest BCUT2D eigenvalue weighted by Crippen LogP contribution is 2.37. The predicted molar refractivity (Wildman–Crippen MR) is 95.0 cm³/mol. The molecule has 2 aliphatic heterocycles. The Kier molecular flexibility index (Phi) is 4.28. The molecule has 0 bridgehead atoms. The van der Waals surface area contributed by atoms with Crippen LogP contribution in [0.3, 0.4) is 0 Å². The second kappa shape index (κ2) is 6.72. The molecule has 130 valence electrons. The number of fused-ring (bicyclic) bond motifs is 1. The molecule has 0 spiro atoms. The van der Waals surface area contributed by atoms with Gasteiger partial charge in [0.1, 0.15) is 12.4 Å². The van der Waals surface area contributed by atoms with E-state index >= 15 is 0 Å². The summed E-state index contributed by atoms with van der Waals surface area (Å²) in [6.45, 7) is 3.13. The minimum atomic E-state index is -0.238. The van der Waals surface area contributed by atoms with E-state index in [0.29, 0.717) is 31.7 Å². The highest BCUT2D eigenvalue weighted by Gasteiger charge is 2.48. The van der Waals surface area contributed by atoms with Gasteiger partial charge in [0.2, 0.25) is 0 Å². The highest BCUT2D eigenvalue weighted by molar-refractivity contribution is 5.69. The van der Waals surface area contributed by atoms with E-state index in [-0.39, 0.29) is 6.09 Å². The highest BCUT2D eigenvalue weighted by atomic mass is 16.6. The van der Waals surface area contributed by atoms with Crippen molar-refractivity contribution in [1.82, 2.24) is 9.88 Å². The Labute approximate surface area is 147 Å². The molecule has 1 aromatic heterocycles. The van der Waals surface area contributed by atoms with E-state index in [1.54, 1.807) is 6.20 Å². The Morgan fingerprint density at radius 2 is 2.00 bits per heavy atom. The number of ether oxygens (including phenoxy) is 1. The summed E-state index contributed by atoms with van der Waals surface area (Å²) in [6, 6.07) is 14.0. The summed E-state index contributed by atoms with van der Waals surface area (Å²) >= 11 is 0. The predicted octanol–water partition coefficient (Wildman–Crippen LogP) is 2.00. The van der Waals surface area contributed by atoms with Crippen LogP contribution in [0.5, 0.6) is 0 Å². The van der Waals surface area contributed by atoms with Gasteiger partial charge in [-0.25, -0.2) is 9.78 Å². The van der Waals surface area contributed by atoms with Crippen molar-refractivity contribution in [2.75, 3.05) is 24.5 Å². The van der Waals surface area contributed by atoms with Gasteiger partial charge in [0.25, 0.3) is 0 Å². The number of anilines is 1. The van der Waals surface area contributed by atoms with Crippen LogP contribution in [-0.4, -0.2) is 41.7 Å². The van der Waals surface area contributed by atoms with E-state index < -0.39 is 0 Å². The number of hydrogen-bond donors (Lipinski definition) is 1. The van der Waals surface area contributed by atoms with Gasteiger partial charge in [0.15, 0.2) is 0 Å². The van der Waals surface area contributed by atoms with Crippen molar-refractivity contribution in [2.24, 2.45) is 11.7 Å². The lowest BCUT2D eigenvalue weighted by Gasteiger charge is -2.44. The number of carbonyl (C=O) groups excluding carboxylic acids is 1. The maximum absolute atomic E-state index is 12.4. The van der Waals surface area contributed by atoms with Gasteiger partial charge in [-0.05, 0) is 11.6 Å². The van der Waals surface area contributed by atoms with E-state index in [9.17, 15) is 4.79 Å². The molecule has 6 nitrogen and oxygen atoms in total. The van der Waals surface area contributed by atoms with Crippen LogP contribution in [0.15, 0.2) is 48.7 Å². The molecule has 2 fully saturated rings. The van der Waals surface area contributed by atoms with Crippen LogP contribution in [0.1, 0.15) is 11.1 Å². The number of aromatic nitrogens is 1. The normalized spacial score (nSPS) is 21.6. The molecule has 1 aromatic carbocycles. The van der Waals surface area contributed by atoms with E-state index in [4.69, 9.17) is 10.5 Å². The van der Waals surface area contributed by atoms with Gasteiger partial charge in [-0.3, -0.25) is 0 Å². The fourth-order valence-electron chi connectivity index (χ4n) is 3.69. The topological polar surface area (TPSA) is 71.7 Å². The molecule has 6 heteroatoms. The number of nitrogens with zero attached hydrogens (tertiary/aromatic N) is 3. The van der Waals surface area contributed by atoms with Crippen molar-refractivity contribution in [2.45, 2.75) is 19.2 Å². The zero-order chi connectivity index (χ0) is 17.2. The van der Waals surface area contributed by atoms with Gasteiger partial charge in [0.05, 0.1) is 6.04 Å². The van der Waals surface area contributed by atoms with Crippen molar-refractivity contribution in [3.8, 4) is 0 Å². The number of amides is 1. The van der Waals surface area contributed by atoms with Gasteiger partial charge in [-0.2, -0.15) is 0 Å². The number of likely N-dealkylation sites (tertiary alicyclic amines) is 1. The van der Waals surface area contributed by atoms with Crippen LogP contribution in [0.25, 0.3) is 0 Å². The lowest BCUT2D eigenvalue weighted by Crippen LogP contribution is -2.56. The van der Waals surface area contributed by atoms with E-state index in [2.05, 4.69) is 9.88 Å². The van der Waals surface area contributed by atoms with Gasteiger partial charge in [-0.1, -0.05) is 36.4 Å². The van der Waals surface area contributed by atoms with Crippen molar-refractivity contribution < 1.29 is 9.53 Å². The smallest absolute Gasteiger partial charge is 0.410 e. The lowest BCUT2D eigenvalue weighted by molar-refractivity contribution is 0.103. The third-order valence-corrected chi connectivity index (χ3v) is 5.06. The Balaban J connectivity index is 1.36. The lowest BCUT2D eigenvalue weighted by atomic mass is 9.91. The number of hydrogen-bond acceptors (Lipinski definition) is 5. The largest absolute Gasteiger partial charge is 0.445 e. The number of benzene rings is 1. The molecule has 2 aliphatic rings. The summed E-state index contributed by atoms with van der Waals surface area (Å²) in [5, 5.41) is 0. The molecule has 2 aromatic rings. The average Bonchev–Trinajstić information content (AvgIpc) is 2.98. The van der Waals surface area contributed by atoms with E-state index in [1.165, 1.54) is 0 Å². The molecule has 4 rings (SSSR count). The molecule has 2 N–H and O–H groups in total. The van der Waals surface area contributed by atoms with E-state index in [0.717, 1.165) is 30.0 Å². The molecule has 0 saturated carbocycles. The summed E-state index contributed by atoms with van der Waals surface area (Å²) < 4.78 is 5.46. The third kappa shape index (κ3) is 3.05. The SMILES string of the molecule is NCc1cccnc1N1C[C@H]2CN(C(=O)OCc3ccccc3)C[C@H]21. The van der Waals surface area contributed by atoms with Crippen LogP contribution >= 0.6 is 0 Å². The van der Waals surface area contributed by atoms with Gasteiger partial charge in [-0.15, -0.1) is 0 Å². The van der Waals surface area contributed by atoms with Crippen LogP contribution in [0.4, 0.5) is 10.6 Å². The number of pyridine rings is 1. The minimum absolute atomic E-state index is 0.238. The van der Waals surface area contributed by atoms with E-state index in [1.807, 2.05) is 47.4 Å². The maximum Gasteiger partial charge on any atom is 0.410 e. The summed E-state index contributed by atoms with van der Waals surface area (Å²) in [5.41, 5.74) is 7.87. The van der Waals surface area contributed by atoms with Crippen molar-refractivity contribution >= 4 is 11.9 Å². The zero-order valence-electron chi connectivity index (χ0n) is 14.0. The number of nitrogens with two attached hydrogens (primary N) is 1. The molecule has 1 amide bonds. The first-order valence-corrected chi connectivity index (χ1v) is 8.62. The molecule has 25 heavy (non-hydrogen) atoms. The monoisotopic (exact) mass is 338 g/mol. The Hall–Kier alpha value is -2.60. The summed E-state index contributed by atoms with van der Waals surface area (Å²) in [7, 11) is 0. The van der Waals surface area contributed by atoms with Crippen molar-refractivity contribution in [3.63, 3.8) is 0 Å². The summed E-state index contributed by atoms with van der Waals surface area (Å²) in [5.74, 6) is 1.43. The van der Waals surface area contributed by atoms with Crippen LogP contribution in [-0.2, 0) is 17.9 Å². The van der Waals surface area contributed by atoms with Crippen LogP contribution in [0, 0.1) is 5.92 Å². The van der Waals surface area contributed by atoms with Crippen molar-refractivity contribution in [3.05, 3.63) is 59.8 Å². The number of rotatable bonds is 4. The molecule has 3 heterocycles. The standard InChI is InChI=1S/C19H22N4O2/c20-9-15-7-4-8-21-18(15)23-11-16-10-22(12-17(16)23)19(24)25-13-14-5-2-1-3-6-14/h1-8,16-17H,9-13,20H2/t16-,17-/m1/s1. The molecule has 0 unspecified atom stereocenters. The van der Waals surface area contributed by atoms with Crippen molar-refractivity contribution in [1.29, 1.82) is 0 Å². The fraction of sp³-hybridized carbons (Fsp3) is 0.368. The zero-order valence-corrected chi connectivity index (χ0v) is 14.0. The first kappa shape index (κ1) is 15.9. The summed E-state index contributed by atoms with van der Waals surface area (Å²) in [4.78, 5) is 20.9. The molecule has 0 aliphatic carbocycles. The van der Waals surface area contributed by atoms with Crippen LogP contribution in [0.2, 0.25) is 0 Å². The first-order chi connectivity index (χ1) is 12.3. The average molecular weight is 338 g/mol. The summed E-state index contributed by atoms with van der Waals surface area (Å²) in [6.07, 6.45) is 1.56. The fourth-order valence-corrected chi connectivity index (χ4v) is 3.69. The first-order valence-electron chi connectivity index (χ1n) is 8.62. The molecular formula is C19H22N4O2. The third-order valence-electron chi connectivity index (χ3n) is 5.06. The molecular weight excluding hydrogens is 316 g/mol. The maximum atomic E-state index is 12.4. The Morgan fingerprint density at radius 1 is 1.16 bits per heavy atom. The van der Waals surface area contributed by atoms with Crippen LogP contribution < -0.4 is 10.6 Å². The van der Waals surface area contributed by atoms with Gasteiger partial charge in [0, 0.05) is 43.9 Å². The Bertz CT molecular complexity index is 752. The molecule has 2 atom stereocenters. The Morgan fingerprint density at radius 3 is 2.80 bits per heavy atom.